The van der Waals surface area contributed by atoms with Gasteiger partial charge < -0.3 is 30.1 Å². The van der Waals surface area contributed by atoms with Crippen molar-refractivity contribution in [2.24, 2.45) is 0 Å². The Hall–Kier alpha value is -3.14. The zero-order chi connectivity index (χ0) is 27.5. The van der Waals surface area contributed by atoms with Gasteiger partial charge in [-0.05, 0) is 57.7 Å². The Bertz CT molecular complexity index is 911. The Labute approximate surface area is 213 Å². The SMILES string of the molecule is CCCCCN(C(=O)C(CO)NC(=O)OC(C)(C)C)C(C(=O)NCC(=O)OC)c1cccc(C)c1C. The number of hydrogen-bond donors (Lipinski definition) is 3. The van der Waals surface area contributed by atoms with E-state index in [4.69, 9.17) is 4.74 Å². The predicted molar refractivity (Wildman–Crippen MR) is 135 cm³/mol. The van der Waals surface area contributed by atoms with Crippen molar-refractivity contribution in [1.29, 1.82) is 0 Å². The highest BCUT2D eigenvalue weighted by atomic mass is 16.6. The second kappa shape index (κ2) is 14.4. The zero-order valence-corrected chi connectivity index (χ0v) is 22.5. The second-order valence-electron chi connectivity index (χ2n) is 9.61. The molecule has 1 aromatic rings. The number of alkyl carbamates (subject to hydrolysis) is 1. The highest BCUT2D eigenvalue weighted by Crippen LogP contribution is 2.28. The van der Waals surface area contributed by atoms with E-state index < -0.39 is 48.2 Å². The zero-order valence-electron chi connectivity index (χ0n) is 22.5. The van der Waals surface area contributed by atoms with Crippen LogP contribution in [-0.2, 0) is 23.9 Å². The Morgan fingerprint density at radius 3 is 2.33 bits per heavy atom. The number of nitrogens with zero attached hydrogens (tertiary/aromatic N) is 1. The van der Waals surface area contributed by atoms with Gasteiger partial charge in [0.25, 0.3) is 0 Å². The number of methoxy groups -OCH3 is 1. The van der Waals surface area contributed by atoms with Gasteiger partial charge in [-0.15, -0.1) is 0 Å². The molecular weight excluding hydrogens is 466 g/mol. The molecule has 0 heterocycles. The molecular formula is C26H41N3O7. The predicted octanol–water partition coefficient (Wildman–Crippen LogP) is 2.54. The van der Waals surface area contributed by atoms with Crippen LogP contribution in [0.4, 0.5) is 4.79 Å². The maximum absolute atomic E-state index is 13.7. The first kappa shape index (κ1) is 30.9. The fraction of sp³-hybridized carbons (Fsp3) is 0.615. The number of aliphatic hydroxyl groups excluding tert-OH is 1. The van der Waals surface area contributed by atoms with Crippen molar-refractivity contribution in [1.82, 2.24) is 15.5 Å². The van der Waals surface area contributed by atoms with E-state index in [0.717, 1.165) is 24.0 Å². The van der Waals surface area contributed by atoms with Crippen LogP contribution < -0.4 is 10.6 Å². The number of esters is 1. The van der Waals surface area contributed by atoms with E-state index >= 15 is 0 Å². The highest BCUT2D eigenvalue weighted by Gasteiger charge is 2.36. The van der Waals surface area contributed by atoms with Crippen molar-refractivity contribution in [3.63, 3.8) is 0 Å². The Kier molecular flexibility index (Phi) is 12.4. The lowest BCUT2D eigenvalue weighted by Crippen LogP contribution is -2.55. The van der Waals surface area contributed by atoms with Crippen LogP contribution in [0.3, 0.4) is 0 Å². The summed E-state index contributed by atoms with van der Waals surface area (Å²) < 4.78 is 9.87. The van der Waals surface area contributed by atoms with Crippen LogP contribution in [0, 0.1) is 13.8 Å². The molecule has 2 atom stereocenters. The van der Waals surface area contributed by atoms with Crippen LogP contribution in [0.5, 0.6) is 0 Å². The third kappa shape index (κ3) is 9.49. The lowest BCUT2D eigenvalue weighted by molar-refractivity contribution is -0.145. The van der Waals surface area contributed by atoms with Crippen molar-refractivity contribution < 1.29 is 33.8 Å². The minimum Gasteiger partial charge on any atom is -0.468 e. The van der Waals surface area contributed by atoms with E-state index in [1.54, 1.807) is 32.9 Å². The number of nitrogens with one attached hydrogen (secondary N) is 2. The number of aryl methyl sites for hydroxylation is 1. The number of amides is 3. The lowest BCUT2D eigenvalue weighted by atomic mass is 9.94. The molecule has 1 aromatic carbocycles. The number of unbranched alkanes of at least 4 members (excludes halogenated alkanes) is 2. The number of hydrogen-bond acceptors (Lipinski definition) is 7. The number of carbonyl (C=O) groups excluding carboxylic acids is 4. The van der Waals surface area contributed by atoms with Crippen LogP contribution in [-0.4, -0.2) is 72.3 Å². The molecule has 10 heteroatoms. The molecule has 0 saturated heterocycles. The normalized spacial score (nSPS) is 12.8. The van der Waals surface area contributed by atoms with Gasteiger partial charge in [-0.1, -0.05) is 38.0 Å². The van der Waals surface area contributed by atoms with Gasteiger partial charge in [0.05, 0.1) is 13.7 Å². The summed E-state index contributed by atoms with van der Waals surface area (Å²) in [6.45, 7) is 9.94. The summed E-state index contributed by atoms with van der Waals surface area (Å²) in [6.07, 6.45) is 1.42. The topological polar surface area (TPSA) is 134 Å². The van der Waals surface area contributed by atoms with Gasteiger partial charge in [0.1, 0.15) is 24.2 Å². The van der Waals surface area contributed by atoms with E-state index in [1.165, 1.54) is 12.0 Å². The Balaban J connectivity index is 3.46. The maximum atomic E-state index is 13.7. The molecule has 3 amide bonds. The lowest BCUT2D eigenvalue weighted by Gasteiger charge is -2.35. The molecule has 3 N–H and O–H groups in total. The number of ether oxygens (including phenoxy) is 2. The molecule has 10 nitrogen and oxygen atoms in total. The van der Waals surface area contributed by atoms with E-state index in [9.17, 15) is 24.3 Å². The van der Waals surface area contributed by atoms with E-state index in [0.29, 0.717) is 12.0 Å². The smallest absolute Gasteiger partial charge is 0.408 e. The summed E-state index contributed by atoms with van der Waals surface area (Å²) in [5.41, 5.74) is 1.51. The Morgan fingerprint density at radius 2 is 1.78 bits per heavy atom. The number of rotatable bonds is 12. The molecule has 0 aromatic heterocycles. The summed E-state index contributed by atoms with van der Waals surface area (Å²) in [5.74, 6) is -1.85. The van der Waals surface area contributed by atoms with Gasteiger partial charge in [0.2, 0.25) is 11.8 Å². The second-order valence-corrected chi connectivity index (χ2v) is 9.61. The van der Waals surface area contributed by atoms with Gasteiger partial charge in [-0.2, -0.15) is 0 Å². The van der Waals surface area contributed by atoms with Crippen molar-refractivity contribution >= 4 is 23.9 Å². The van der Waals surface area contributed by atoms with Crippen LogP contribution >= 0.6 is 0 Å². The Morgan fingerprint density at radius 1 is 1.11 bits per heavy atom. The minimum absolute atomic E-state index is 0.197. The number of carbonyl (C=O) groups is 4. The van der Waals surface area contributed by atoms with Crippen LogP contribution in [0.2, 0.25) is 0 Å². The molecule has 202 valence electrons. The molecule has 0 aliphatic heterocycles. The van der Waals surface area contributed by atoms with Crippen molar-refractivity contribution in [2.45, 2.75) is 78.5 Å². The summed E-state index contributed by atoms with van der Waals surface area (Å²) in [5, 5.41) is 14.9. The van der Waals surface area contributed by atoms with Crippen molar-refractivity contribution in [3.05, 3.63) is 34.9 Å². The molecule has 2 unspecified atom stereocenters. The molecule has 0 fully saturated rings. The largest absolute Gasteiger partial charge is 0.468 e. The van der Waals surface area contributed by atoms with E-state index in [-0.39, 0.29) is 13.1 Å². The van der Waals surface area contributed by atoms with E-state index in [2.05, 4.69) is 15.4 Å². The minimum atomic E-state index is -1.33. The fourth-order valence-electron chi connectivity index (χ4n) is 3.58. The molecule has 1 rings (SSSR count). The monoisotopic (exact) mass is 507 g/mol. The summed E-state index contributed by atoms with van der Waals surface area (Å²) in [7, 11) is 1.21. The summed E-state index contributed by atoms with van der Waals surface area (Å²) in [6, 6.07) is 3.00. The molecule has 0 aliphatic rings. The van der Waals surface area contributed by atoms with Gasteiger partial charge in [0, 0.05) is 6.54 Å². The van der Waals surface area contributed by atoms with Crippen LogP contribution in [0.25, 0.3) is 0 Å². The molecule has 0 bridgehead atoms. The van der Waals surface area contributed by atoms with Crippen LogP contribution in [0.15, 0.2) is 18.2 Å². The quantitative estimate of drug-likeness (QED) is 0.292. The molecule has 0 spiro atoms. The van der Waals surface area contributed by atoms with Crippen molar-refractivity contribution in [3.8, 4) is 0 Å². The van der Waals surface area contributed by atoms with E-state index in [1.807, 2.05) is 26.8 Å². The van der Waals surface area contributed by atoms with Gasteiger partial charge in [-0.25, -0.2) is 4.79 Å². The first-order chi connectivity index (χ1) is 16.9. The molecule has 36 heavy (non-hydrogen) atoms. The van der Waals surface area contributed by atoms with Gasteiger partial charge >= 0.3 is 12.1 Å². The molecule has 0 saturated carbocycles. The van der Waals surface area contributed by atoms with Gasteiger partial charge in [-0.3, -0.25) is 14.4 Å². The maximum Gasteiger partial charge on any atom is 0.408 e. The average Bonchev–Trinajstić information content (AvgIpc) is 2.81. The first-order valence-electron chi connectivity index (χ1n) is 12.2. The average molecular weight is 508 g/mol. The van der Waals surface area contributed by atoms with Gasteiger partial charge in [0.15, 0.2) is 0 Å². The highest BCUT2D eigenvalue weighted by molar-refractivity contribution is 5.93. The first-order valence-corrected chi connectivity index (χ1v) is 12.2. The summed E-state index contributed by atoms with van der Waals surface area (Å²) in [4.78, 5) is 52.5. The fourth-order valence-corrected chi connectivity index (χ4v) is 3.58. The summed E-state index contributed by atoms with van der Waals surface area (Å²) >= 11 is 0. The van der Waals surface area contributed by atoms with Crippen molar-refractivity contribution in [2.75, 3.05) is 26.8 Å². The van der Waals surface area contributed by atoms with Crippen LogP contribution in [0.1, 0.15) is 69.7 Å². The number of aliphatic hydroxyl groups is 1. The molecule has 0 aliphatic carbocycles. The third-order valence-electron chi connectivity index (χ3n) is 5.59. The number of benzene rings is 1. The molecule has 0 radical (unpaired) electrons. The standard InChI is InChI=1S/C26H41N3O7/c1-8-9-10-14-29(24(33)20(16-30)28-25(34)36-26(4,5)6)22(23(32)27-15-21(31)35-7)19-13-11-12-17(2)18(19)3/h11-13,20,22,30H,8-10,14-16H2,1-7H3,(H,27,32)(H,28,34). The third-order valence-corrected chi connectivity index (χ3v) is 5.59.